The van der Waals surface area contributed by atoms with E-state index in [2.05, 4.69) is 15.5 Å². The number of nitrogens with zero attached hydrogens (tertiary/aromatic N) is 3. The normalized spacial score (nSPS) is 10.8. The van der Waals surface area contributed by atoms with E-state index in [9.17, 15) is 0 Å². The van der Waals surface area contributed by atoms with E-state index in [1.54, 1.807) is 29.3 Å². The number of aromatic nitrogens is 3. The van der Waals surface area contributed by atoms with Gasteiger partial charge in [-0.1, -0.05) is 0 Å². The van der Waals surface area contributed by atoms with Gasteiger partial charge in [-0.2, -0.15) is 5.10 Å². The third kappa shape index (κ3) is 1.05. The van der Waals surface area contributed by atoms with Crippen molar-refractivity contribution in [1.29, 1.82) is 0 Å². The molecule has 62 valence electrons. The Morgan fingerprint density at radius 1 is 1.50 bits per heavy atom. The van der Waals surface area contributed by atoms with Crippen LogP contribution in [0.5, 0.6) is 0 Å². The molecule has 5 heteroatoms. The van der Waals surface area contributed by atoms with E-state index < -0.39 is 0 Å². The van der Waals surface area contributed by atoms with Gasteiger partial charge >= 0.3 is 0 Å². The maximum atomic E-state index is 5.20. The summed E-state index contributed by atoms with van der Waals surface area (Å²) in [6, 6.07) is 0. The van der Waals surface area contributed by atoms with Crippen molar-refractivity contribution in [3.05, 3.63) is 30.4 Å². The van der Waals surface area contributed by atoms with Crippen molar-refractivity contribution < 1.29 is 0 Å². The van der Waals surface area contributed by atoms with Crippen molar-refractivity contribution in [3.63, 3.8) is 0 Å². The third-order valence-corrected chi connectivity index (χ3v) is 1.70. The molecule has 5 nitrogen and oxygen atoms in total. The van der Waals surface area contributed by atoms with Crippen LogP contribution in [0.2, 0.25) is 0 Å². The minimum Gasteiger partial charge on any atom is -0.271 e. The van der Waals surface area contributed by atoms with Gasteiger partial charge in [0.2, 0.25) is 0 Å². The number of hydrazine groups is 1. The Morgan fingerprint density at radius 2 is 2.42 bits per heavy atom. The van der Waals surface area contributed by atoms with Crippen LogP contribution in [0, 0.1) is 0 Å². The second-order valence-electron chi connectivity index (χ2n) is 2.46. The Balaban J connectivity index is 2.55. The number of rotatable bonds is 2. The lowest BCUT2D eigenvalue weighted by atomic mass is 10.3. The van der Waals surface area contributed by atoms with E-state index in [0.717, 1.165) is 11.1 Å². The molecule has 2 rings (SSSR count). The Hall–Kier alpha value is -1.46. The molecule has 12 heavy (non-hydrogen) atoms. The largest absolute Gasteiger partial charge is 0.271 e. The minimum absolute atomic E-state index is 0.606. The van der Waals surface area contributed by atoms with E-state index in [1.807, 2.05) is 0 Å². The van der Waals surface area contributed by atoms with Gasteiger partial charge in [-0.3, -0.25) is 16.3 Å². The van der Waals surface area contributed by atoms with Crippen LogP contribution in [0.25, 0.3) is 5.52 Å². The van der Waals surface area contributed by atoms with Crippen LogP contribution in [0.3, 0.4) is 0 Å². The van der Waals surface area contributed by atoms with Gasteiger partial charge in [0.1, 0.15) is 0 Å². The lowest BCUT2D eigenvalue weighted by Crippen LogP contribution is -2.20. The summed E-state index contributed by atoms with van der Waals surface area (Å²) in [6.45, 7) is 0.606. The van der Waals surface area contributed by atoms with Crippen molar-refractivity contribution in [2.24, 2.45) is 5.84 Å². The molecule has 0 aromatic carbocycles. The number of hydrogen-bond acceptors (Lipinski definition) is 4. The molecule has 0 atom stereocenters. The van der Waals surface area contributed by atoms with Gasteiger partial charge in [0.15, 0.2) is 0 Å². The van der Waals surface area contributed by atoms with Crippen molar-refractivity contribution in [1.82, 2.24) is 20.0 Å². The van der Waals surface area contributed by atoms with Crippen LogP contribution in [-0.2, 0) is 6.54 Å². The number of nitrogens with one attached hydrogen (secondary N) is 1. The van der Waals surface area contributed by atoms with E-state index in [1.165, 1.54) is 0 Å². The summed E-state index contributed by atoms with van der Waals surface area (Å²) in [7, 11) is 0. The maximum absolute atomic E-state index is 5.20. The molecule has 0 bridgehead atoms. The lowest BCUT2D eigenvalue weighted by molar-refractivity contribution is 0.745. The molecule has 0 aliphatic rings. The van der Waals surface area contributed by atoms with Gasteiger partial charge in [-0.25, -0.2) is 4.52 Å². The first-order valence-corrected chi connectivity index (χ1v) is 3.61. The van der Waals surface area contributed by atoms with Crippen LogP contribution >= 0.6 is 0 Å². The van der Waals surface area contributed by atoms with E-state index in [4.69, 9.17) is 5.84 Å². The van der Waals surface area contributed by atoms with Crippen molar-refractivity contribution in [3.8, 4) is 0 Å². The van der Waals surface area contributed by atoms with E-state index in [0.29, 0.717) is 6.54 Å². The fraction of sp³-hybridized carbons (Fsp3) is 0.143. The molecular formula is C7H9N5. The Labute approximate surface area is 69.2 Å². The van der Waals surface area contributed by atoms with Crippen LogP contribution in [-0.4, -0.2) is 14.6 Å². The van der Waals surface area contributed by atoms with Crippen molar-refractivity contribution in [2.75, 3.05) is 0 Å². The van der Waals surface area contributed by atoms with Gasteiger partial charge in [-0.05, 0) is 0 Å². The van der Waals surface area contributed by atoms with Crippen molar-refractivity contribution in [2.45, 2.75) is 6.54 Å². The summed E-state index contributed by atoms with van der Waals surface area (Å²) in [5.41, 5.74) is 4.61. The zero-order chi connectivity index (χ0) is 8.39. The molecule has 0 spiro atoms. The smallest absolute Gasteiger partial charge is 0.0890 e. The van der Waals surface area contributed by atoms with Crippen LogP contribution < -0.4 is 11.3 Å². The molecule has 0 radical (unpaired) electrons. The first-order valence-electron chi connectivity index (χ1n) is 3.61. The van der Waals surface area contributed by atoms with Gasteiger partial charge in [0.05, 0.1) is 17.9 Å². The van der Waals surface area contributed by atoms with E-state index in [-0.39, 0.29) is 0 Å². The summed E-state index contributed by atoms with van der Waals surface area (Å²) < 4.78 is 1.76. The quantitative estimate of drug-likeness (QED) is 0.471. The van der Waals surface area contributed by atoms with Gasteiger partial charge in [0.25, 0.3) is 0 Å². The zero-order valence-electron chi connectivity index (χ0n) is 6.44. The lowest BCUT2D eigenvalue weighted by Gasteiger charge is -1.95. The fourth-order valence-electron chi connectivity index (χ4n) is 1.13. The molecule has 0 aliphatic heterocycles. The van der Waals surface area contributed by atoms with Gasteiger partial charge in [-0.15, -0.1) is 0 Å². The molecule has 0 aliphatic carbocycles. The predicted octanol–water partition coefficient (Wildman–Crippen LogP) is -0.307. The molecule has 2 heterocycles. The van der Waals surface area contributed by atoms with Crippen LogP contribution in [0.1, 0.15) is 5.56 Å². The standard InChI is InChI=1S/C7H9N5/c8-10-3-6-4-11-12-2-1-9-5-7(6)12/h1-2,4-5,10H,3,8H2. The monoisotopic (exact) mass is 163 g/mol. The fourth-order valence-corrected chi connectivity index (χ4v) is 1.13. The second kappa shape index (κ2) is 2.88. The second-order valence-corrected chi connectivity index (χ2v) is 2.46. The first kappa shape index (κ1) is 7.20. The highest BCUT2D eigenvalue weighted by Gasteiger charge is 2.00. The highest BCUT2D eigenvalue weighted by molar-refractivity contribution is 5.51. The molecule has 0 saturated heterocycles. The Kier molecular flexibility index (Phi) is 1.73. The molecular weight excluding hydrogens is 154 g/mol. The molecule has 0 fully saturated rings. The van der Waals surface area contributed by atoms with Crippen molar-refractivity contribution >= 4 is 5.52 Å². The number of fused-ring (bicyclic) bond motifs is 1. The predicted molar refractivity (Wildman–Crippen MR) is 44.0 cm³/mol. The zero-order valence-corrected chi connectivity index (χ0v) is 6.44. The molecule has 0 unspecified atom stereocenters. The maximum Gasteiger partial charge on any atom is 0.0890 e. The molecule has 0 saturated carbocycles. The van der Waals surface area contributed by atoms with Gasteiger partial charge in [0, 0.05) is 24.5 Å². The SMILES string of the molecule is NNCc1cnn2ccncc12. The highest BCUT2D eigenvalue weighted by Crippen LogP contribution is 2.06. The number of hydrogen-bond donors (Lipinski definition) is 2. The summed E-state index contributed by atoms with van der Waals surface area (Å²) in [4.78, 5) is 4.00. The Morgan fingerprint density at radius 3 is 3.25 bits per heavy atom. The van der Waals surface area contributed by atoms with Crippen LogP contribution in [0.15, 0.2) is 24.8 Å². The summed E-state index contributed by atoms with van der Waals surface area (Å²) in [6.07, 6.45) is 7.03. The van der Waals surface area contributed by atoms with E-state index >= 15 is 0 Å². The average Bonchev–Trinajstić information content (AvgIpc) is 2.50. The van der Waals surface area contributed by atoms with Gasteiger partial charge < -0.3 is 0 Å². The molecule has 2 aromatic rings. The van der Waals surface area contributed by atoms with Crippen LogP contribution in [0.4, 0.5) is 0 Å². The highest BCUT2D eigenvalue weighted by atomic mass is 15.2. The first-order chi connectivity index (χ1) is 5.92. The topological polar surface area (TPSA) is 68.2 Å². The minimum atomic E-state index is 0.606. The number of nitrogens with two attached hydrogens (primary N) is 1. The third-order valence-electron chi connectivity index (χ3n) is 1.70. The molecule has 0 amide bonds. The average molecular weight is 163 g/mol. The summed E-state index contributed by atoms with van der Waals surface area (Å²) in [5.74, 6) is 5.20. The molecule has 2 aromatic heterocycles. The Bertz CT molecular complexity index is 380. The summed E-state index contributed by atoms with van der Waals surface area (Å²) >= 11 is 0. The molecule has 3 N–H and O–H groups in total. The summed E-state index contributed by atoms with van der Waals surface area (Å²) in [5, 5.41) is 4.12.